The first kappa shape index (κ1) is 13.0. The zero-order valence-corrected chi connectivity index (χ0v) is 11.5. The van der Waals surface area contributed by atoms with Gasteiger partial charge < -0.3 is 14.6 Å². The molecule has 1 saturated carbocycles. The second kappa shape index (κ2) is 5.57. The maximum absolute atomic E-state index is 9.18. The first-order chi connectivity index (χ1) is 9.28. The van der Waals surface area contributed by atoms with Gasteiger partial charge in [-0.1, -0.05) is 18.0 Å². The minimum absolute atomic E-state index is 0.189. The van der Waals surface area contributed by atoms with Gasteiger partial charge in [0.1, 0.15) is 0 Å². The number of nitrogens with zero attached hydrogens (tertiary/aromatic N) is 1. The highest BCUT2D eigenvalue weighted by molar-refractivity contribution is 6.32. The van der Waals surface area contributed by atoms with Crippen LogP contribution in [0.5, 0.6) is 11.5 Å². The largest absolute Gasteiger partial charge is 0.454 e. The van der Waals surface area contributed by atoms with E-state index in [1.807, 2.05) is 12.1 Å². The predicted molar refractivity (Wildman–Crippen MR) is 72.7 cm³/mol. The molecule has 0 saturated heterocycles. The molecule has 0 spiro atoms. The molecule has 0 aromatic heterocycles. The van der Waals surface area contributed by atoms with Crippen molar-refractivity contribution in [3.63, 3.8) is 0 Å². The third-order valence-electron chi connectivity index (χ3n) is 3.85. The molecule has 1 aliphatic heterocycles. The third kappa shape index (κ3) is 2.66. The monoisotopic (exact) mass is 283 g/mol. The Kier molecular flexibility index (Phi) is 3.82. The zero-order valence-electron chi connectivity index (χ0n) is 10.8. The molecular weight excluding hydrogens is 266 g/mol. The van der Waals surface area contributed by atoms with E-state index >= 15 is 0 Å². The highest BCUT2D eigenvalue weighted by Crippen LogP contribution is 2.40. The summed E-state index contributed by atoms with van der Waals surface area (Å²) in [5.41, 5.74) is 1.11. The number of ether oxygens (including phenoxy) is 2. The lowest BCUT2D eigenvalue weighted by atomic mass is 9.91. The number of aliphatic hydroxyl groups is 1. The summed E-state index contributed by atoms with van der Waals surface area (Å²) in [4.78, 5) is 2.32. The lowest BCUT2D eigenvalue weighted by Crippen LogP contribution is -2.41. The molecule has 1 heterocycles. The van der Waals surface area contributed by atoms with Crippen molar-refractivity contribution < 1.29 is 14.6 Å². The van der Waals surface area contributed by atoms with Crippen molar-refractivity contribution in [3.05, 3.63) is 22.7 Å². The highest BCUT2D eigenvalue weighted by Gasteiger charge is 2.25. The summed E-state index contributed by atoms with van der Waals surface area (Å²) in [6, 6.07) is 4.51. The molecule has 3 rings (SSSR count). The Bertz CT molecular complexity index is 462. The molecule has 19 heavy (non-hydrogen) atoms. The van der Waals surface area contributed by atoms with Gasteiger partial charge in [0.05, 0.1) is 11.6 Å². The number of aliphatic hydroxyl groups excluding tert-OH is 1. The Morgan fingerprint density at radius 2 is 2.16 bits per heavy atom. The molecule has 1 N–H and O–H groups in total. The van der Waals surface area contributed by atoms with Crippen LogP contribution in [0.4, 0.5) is 0 Å². The van der Waals surface area contributed by atoms with Crippen LogP contribution in [0.3, 0.4) is 0 Å². The topological polar surface area (TPSA) is 41.9 Å². The number of halogens is 1. The van der Waals surface area contributed by atoms with Crippen molar-refractivity contribution in [1.29, 1.82) is 0 Å². The van der Waals surface area contributed by atoms with Crippen LogP contribution in [-0.4, -0.2) is 36.0 Å². The molecule has 104 valence electrons. The molecule has 2 aliphatic rings. The van der Waals surface area contributed by atoms with Crippen molar-refractivity contribution in [2.24, 2.45) is 0 Å². The maximum atomic E-state index is 9.18. The lowest BCUT2D eigenvalue weighted by Gasteiger charge is -2.37. The molecule has 4 nitrogen and oxygen atoms in total. The Morgan fingerprint density at radius 1 is 1.32 bits per heavy atom. The lowest BCUT2D eigenvalue weighted by molar-refractivity contribution is 0.0945. The molecule has 0 atom stereocenters. The zero-order chi connectivity index (χ0) is 13.2. The normalized spacial score (nSPS) is 17.8. The second-order valence-corrected chi connectivity index (χ2v) is 5.50. The van der Waals surface area contributed by atoms with Gasteiger partial charge in [-0.05, 0) is 30.5 Å². The van der Waals surface area contributed by atoms with Gasteiger partial charge in [0, 0.05) is 19.1 Å². The van der Waals surface area contributed by atoms with Crippen LogP contribution >= 0.6 is 11.6 Å². The van der Waals surface area contributed by atoms with Crippen LogP contribution < -0.4 is 9.47 Å². The first-order valence-corrected chi connectivity index (χ1v) is 7.08. The molecule has 1 aromatic carbocycles. The molecule has 1 fully saturated rings. The predicted octanol–water partition coefficient (Wildman–Crippen LogP) is 2.42. The van der Waals surface area contributed by atoms with Crippen LogP contribution in [0.2, 0.25) is 5.02 Å². The van der Waals surface area contributed by atoms with E-state index in [4.69, 9.17) is 21.1 Å². The molecule has 1 aliphatic carbocycles. The minimum Gasteiger partial charge on any atom is -0.454 e. The summed E-state index contributed by atoms with van der Waals surface area (Å²) in [5, 5.41) is 9.78. The Labute approximate surface area is 117 Å². The smallest absolute Gasteiger partial charge is 0.231 e. The molecule has 0 radical (unpaired) electrons. The van der Waals surface area contributed by atoms with Crippen LogP contribution in [0.15, 0.2) is 12.1 Å². The number of hydrogen-bond acceptors (Lipinski definition) is 4. The average molecular weight is 284 g/mol. The van der Waals surface area contributed by atoms with E-state index < -0.39 is 0 Å². The van der Waals surface area contributed by atoms with Crippen molar-refractivity contribution in [3.8, 4) is 11.5 Å². The number of benzene rings is 1. The van der Waals surface area contributed by atoms with Crippen LogP contribution in [-0.2, 0) is 6.54 Å². The van der Waals surface area contributed by atoms with E-state index in [-0.39, 0.29) is 13.4 Å². The van der Waals surface area contributed by atoms with Crippen molar-refractivity contribution in [1.82, 2.24) is 4.90 Å². The number of hydrogen-bond donors (Lipinski definition) is 1. The molecule has 5 heteroatoms. The summed E-state index contributed by atoms with van der Waals surface area (Å²) < 4.78 is 10.7. The van der Waals surface area contributed by atoms with E-state index in [0.717, 1.165) is 17.9 Å². The Hall–Kier alpha value is -0.970. The maximum Gasteiger partial charge on any atom is 0.231 e. The van der Waals surface area contributed by atoms with Gasteiger partial charge >= 0.3 is 0 Å². The summed E-state index contributed by atoms with van der Waals surface area (Å²) in [7, 11) is 0. The van der Waals surface area contributed by atoms with Gasteiger partial charge in [-0.2, -0.15) is 0 Å². The highest BCUT2D eigenvalue weighted by atomic mass is 35.5. The van der Waals surface area contributed by atoms with E-state index in [2.05, 4.69) is 4.90 Å². The van der Waals surface area contributed by atoms with Gasteiger partial charge in [0.15, 0.2) is 11.5 Å². The van der Waals surface area contributed by atoms with E-state index in [0.29, 0.717) is 23.4 Å². The summed E-state index contributed by atoms with van der Waals surface area (Å²) in [6.45, 7) is 1.93. The Balaban J connectivity index is 1.76. The summed E-state index contributed by atoms with van der Waals surface area (Å²) in [6.07, 6.45) is 3.73. The van der Waals surface area contributed by atoms with Gasteiger partial charge in [0.2, 0.25) is 6.79 Å². The standard InChI is InChI=1S/C14H18ClNO3/c15-12-6-10(7-13-14(12)19-9-18-13)8-16(4-5-17)11-2-1-3-11/h6-7,11,17H,1-5,8-9H2. The average Bonchev–Trinajstić information content (AvgIpc) is 2.75. The molecule has 0 amide bonds. The Morgan fingerprint density at radius 3 is 2.84 bits per heavy atom. The fourth-order valence-electron chi connectivity index (χ4n) is 2.62. The fraction of sp³-hybridized carbons (Fsp3) is 0.571. The van der Waals surface area contributed by atoms with Crippen LogP contribution in [0.1, 0.15) is 24.8 Å². The second-order valence-electron chi connectivity index (χ2n) is 5.09. The fourth-order valence-corrected chi connectivity index (χ4v) is 2.91. The van der Waals surface area contributed by atoms with E-state index in [1.54, 1.807) is 0 Å². The molecule has 1 aromatic rings. The van der Waals surface area contributed by atoms with Crippen molar-refractivity contribution in [2.75, 3.05) is 19.9 Å². The molecule has 0 unspecified atom stereocenters. The molecular formula is C14H18ClNO3. The number of fused-ring (bicyclic) bond motifs is 1. The molecule has 0 bridgehead atoms. The third-order valence-corrected chi connectivity index (χ3v) is 4.13. The first-order valence-electron chi connectivity index (χ1n) is 6.71. The van der Waals surface area contributed by atoms with Gasteiger partial charge in [-0.15, -0.1) is 0 Å². The minimum atomic E-state index is 0.189. The van der Waals surface area contributed by atoms with E-state index in [1.165, 1.54) is 19.3 Å². The summed E-state index contributed by atoms with van der Waals surface area (Å²) >= 11 is 6.19. The number of rotatable bonds is 5. The van der Waals surface area contributed by atoms with Gasteiger partial charge in [0.25, 0.3) is 0 Å². The quantitative estimate of drug-likeness (QED) is 0.901. The van der Waals surface area contributed by atoms with Crippen LogP contribution in [0.25, 0.3) is 0 Å². The van der Waals surface area contributed by atoms with Crippen molar-refractivity contribution in [2.45, 2.75) is 31.8 Å². The SMILES string of the molecule is OCCN(Cc1cc(Cl)c2c(c1)OCO2)C1CCC1. The van der Waals surface area contributed by atoms with E-state index in [9.17, 15) is 5.11 Å². The van der Waals surface area contributed by atoms with Gasteiger partial charge in [-0.3, -0.25) is 4.90 Å². The van der Waals surface area contributed by atoms with Crippen molar-refractivity contribution >= 4 is 11.6 Å². The van der Waals surface area contributed by atoms with Gasteiger partial charge in [-0.25, -0.2) is 0 Å². The van der Waals surface area contributed by atoms with Crippen LogP contribution in [0, 0.1) is 0 Å². The summed E-state index contributed by atoms with van der Waals surface area (Å²) in [5.74, 6) is 1.36.